The summed E-state index contributed by atoms with van der Waals surface area (Å²) in [6, 6.07) is 10.7. The summed E-state index contributed by atoms with van der Waals surface area (Å²) in [7, 11) is 0. The monoisotopic (exact) mass is 521 g/mol. The van der Waals surface area contributed by atoms with Crippen molar-refractivity contribution in [3.8, 4) is 0 Å². The minimum absolute atomic E-state index is 0.0175. The molecule has 2 N–H and O–H groups in total. The van der Waals surface area contributed by atoms with Crippen LogP contribution in [0.3, 0.4) is 0 Å². The van der Waals surface area contributed by atoms with E-state index < -0.39 is 5.25 Å². The van der Waals surface area contributed by atoms with Gasteiger partial charge in [0.05, 0.1) is 18.6 Å². The van der Waals surface area contributed by atoms with E-state index in [0.717, 1.165) is 28.0 Å². The Morgan fingerprint density at radius 1 is 1.26 bits per heavy atom. The molecule has 4 rings (SSSR count). The van der Waals surface area contributed by atoms with Gasteiger partial charge in [0, 0.05) is 16.6 Å². The first-order valence-corrected chi connectivity index (χ1v) is 11.8. The predicted molar refractivity (Wildman–Crippen MR) is 124 cm³/mol. The van der Waals surface area contributed by atoms with Crippen LogP contribution in [0.4, 0.5) is 10.5 Å². The van der Waals surface area contributed by atoms with Crippen molar-refractivity contribution < 1.29 is 18.8 Å². The van der Waals surface area contributed by atoms with Gasteiger partial charge in [-0.1, -0.05) is 39.5 Å². The van der Waals surface area contributed by atoms with Crippen LogP contribution in [-0.4, -0.2) is 44.0 Å². The standard InChI is InChI=1S/C19H16BrN5O4S2/c20-11-3-5-12(6-4-11)21-16(26)8-14-17(27)25(9-13-2-1-7-29-13)18(31-14)24-23-15-10-30-19(28)22-15/h1-7,14H,8-10H2,(H,21,26)(H,22,23,28). The van der Waals surface area contributed by atoms with Gasteiger partial charge in [0.25, 0.3) is 5.24 Å². The fraction of sp³-hybridized carbons (Fsp3) is 0.211. The van der Waals surface area contributed by atoms with Crippen LogP contribution in [0.2, 0.25) is 0 Å². The lowest BCUT2D eigenvalue weighted by atomic mass is 10.2. The van der Waals surface area contributed by atoms with Gasteiger partial charge >= 0.3 is 0 Å². The zero-order valence-electron chi connectivity index (χ0n) is 15.9. The Hall–Kier alpha value is -2.57. The zero-order valence-corrected chi connectivity index (χ0v) is 19.1. The third kappa shape index (κ3) is 5.57. The summed E-state index contributed by atoms with van der Waals surface area (Å²) in [6.07, 6.45) is 1.50. The van der Waals surface area contributed by atoms with Crippen molar-refractivity contribution >= 4 is 73.2 Å². The van der Waals surface area contributed by atoms with Gasteiger partial charge in [0.15, 0.2) is 5.17 Å². The molecule has 0 saturated carbocycles. The first-order chi connectivity index (χ1) is 15.0. The number of carbonyl (C=O) groups is 3. The maximum absolute atomic E-state index is 13.0. The van der Waals surface area contributed by atoms with Crippen LogP contribution in [0.25, 0.3) is 0 Å². The highest BCUT2D eigenvalue weighted by atomic mass is 79.9. The van der Waals surface area contributed by atoms with Crippen LogP contribution in [-0.2, 0) is 16.1 Å². The molecule has 0 aliphatic carbocycles. The lowest BCUT2D eigenvalue weighted by Crippen LogP contribution is -2.33. The van der Waals surface area contributed by atoms with Gasteiger partial charge in [-0.2, -0.15) is 0 Å². The molecular weight excluding hydrogens is 506 g/mol. The Labute approximate surface area is 194 Å². The molecule has 2 aromatic rings. The van der Waals surface area contributed by atoms with Gasteiger partial charge in [-0.3, -0.25) is 19.3 Å². The number of benzene rings is 1. The van der Waals surface area contributed by atoms with Crippen LogP contribution >= 0.6 is 39.5 Å². The second-order valence-electron chi connectivity index (χ2n) is 6.50. The van der Waals surface area contributed by atoms with Crippen LogP contribution < -0.4 is 10.6 Å². The summed E-state index contributed by atoms with van der Waals surface area (Å²) in [6.45, 7) is 0.175. The van der Waals surface area contributed by atoms with Gasteiger partial charge in [0.2, 0.25) is 11.8 Å². The largest absolute Gasteiger partial charge is 0.467 e. The average molecular weight is 522 g/mol. The molecule has 1 aromatic carbocycles. The molecule has 0 bridgehead atoms. The Bertz CT molecular complexity index is 1060. The normalized spacial score (nSPS) is 21.2. The number of hydrogen-bond donors (Lipinski definition) is 2. The summed E-state index contributed by atoms with van der Waals surface area (Å²) in [4.78, 5) is 38.2. The molecular formula is C19H16BrN5O4S2. The molecule has 160 valence electrons. The number of rotatable bonds is 6. The van der Waals surface area contributed by atoms with E-state index in [2.05, 4.69) is 36.8 Å². The van der Waals surface area contributed by atoms with E-state index in [1.54, 1.807) is 24.3 Å². The highest BCUT2D eigenvalue weighted by Gasteiger charge is 2.40. The molecule has 9 nitrogen and oxygen atoms in total. The summed E-state index contributed by atoms with van der Waals surface area (Å²) in [5.41, 5.74) is 0.644. The minimum Gasteiger partial charge on any atom is -0.467 e. The summed E-state index contributed by atoms with van der Waals surface area (Å²) >= 11 is 5.61. The van der Waals surface area contributed by atoms with Crippen molar-refractivity contribution in [1.82, 2.24) is 10.2 Å². The lowest BCUT2D eigenvalue weighted by Gasteiger charge is -2.14. The predicted octanol–water partition coefficient (Wildman–Crippen LogP) is 3.64. The summed E-state index contributed by atoms with van der Waals surface area (Å²) in [5, 5.41) is 13.1. The molecule has 31 heavy (non-hydrogen) atoms. The summed E-state index contributed by atoms with van der Waals surface area (Å²) < 4.78 is 6.25. The highest BCUT2D eigenvalue weighted by Crippen LogP contribution is 2.31. The van der Waals surface area contributed by atoms with E-state index in [1.807, 2.05) is 12.1 Å². The van der Waals surface area contributed by atoms with E-state index in [-0.39, 0.29) is 30.0 Å². The Kier molecular flexibility index (Phi) is 6.78. The molecule has 2 aliphatic heterocycles. The number of amides is 3. The Balaban J connectivity index is 1.48. The van der Waals surface area contributed by atoms with E-state index in [1.165, 1.54) is 11.2 Å². The maximum atomic E-state index is 13.0. The second-order valence-corrected chi connectivity index (χ2v) is 9.53. The SMILES string of the molecule is O=C(CC1SC(=NN=C2CSC(=O)N2)N(Cc2ccco2)C1=O)Nc1ccc(Br)cc1. The molecule has 2 aliphatic rings. The van der Waals surface area contributed by atoms with E-state index in [0.29, 0.717) is 28.2 Å². The van der Waals surface area contributed by atoms with Crippen molar-refractivity contribution in [2.75, 3.05) is 11.1 Å². The number of nitrogens with zero attached hydrogens (tertiary/aromatic N) is 3. The van der Waals surface area contributed by atoms with Crippen LogP contribution in [0, 0.1) is 0 Å². The van der Waals surface area contributed by atoms with Gasteiger partial charge in [0.1, 0.15) is 16.8 Å². The molecule has 2 saturated heterocycles. The third-order valence-corrected chi connectivity index (χ3v) is 6.73. The molecule has 1 unspecified atom stereocenters. The maximum Gasteiger partial charge on any atom is 0.284 e. The zero-order chi connectivity index (χ0) is 21.8. The lowest BCUT2D eigenvalue weighted by molar-refractivity contribution is -0.128. The van der Waals surface area contributed by atoms with Gasteiger partial charge in [-0.25, -0.2) is 0 Å². The highest BCUT2D eigenvalue weighted by molar-refractivity contribution is 9.10. The Morgan fingerprint density at radius 2 is 2.06 bits per heavy atom. The topological polar surface area (TPSA) is 116 Å². The fourth-order valence-corrected chi connectivity index (χ4v) is 4.75. The van der Waals surface area contributed by atoms with Crippen molar-refractivity contribution in [1.29, 1.82) is 0 Å². The Morgan fingerprint density at radius 3 is 2.74 bits per heavy atom. The van der Waals surface area contributed by atoms with Crippen molar-refractivity contribution in [3.63, 3.8) is 0 Å². The number of nitrogens with one attached hydrogen (secondary N) is 2. The number of halogens is 1. The molecule has 0 radical (unpaired) electrons. The molecule has 1 atom stereocenters. The number of furan rings is 1. The van der Waals surface area contributed by atoms with Crippen LogP contribution in [0.5, 0.6) is 0 Å². The summed E-state index contributed by atoms with van der Waals surface area (Å²) in [5.74, 6) is 0.865. The van der Waals surface area contributed by atoms with Crippen LogP contribution in [0.15, 0.2) is 61.8 Å². The average Bonchev–Trinajstić information content (AvgIpc) is 3.46. The number of amidine groups is 2. The van der Waals surface area contributed by atoms with Crippen molar-refractivity contribution in [2.45, 2.75) is 18.2 Å². The number of carbonyl (C=O) groups excluding carboxylic acids is 3. The molecule has 2 fully saturated rings. The van der Waals surface area contributed by atoms with E-state index in [9.17, 15) is 14.4 Å². The van der Waals surface area contributed by atoms with Crippen molar-refractivity contribution in [2.24, 2.45) is 10.2 Å². The first kappa shape index (κ1) is 21.7. The minimum atomic E-state index is -0.642. The van der Waals surface area contributed by atoms with E-state index >= 15 is 0 Å². The second kappa shape index (κ2) is 9.71. The molecule has 3 amide bonds. The fourth-order valence-electron chi connectivity index (χ4n) is 2.81. The third-order valence-electron chi connectivity index (χ3n) is 4.26. The quantitative estimate of drug-likeness (QED) is 0.560. The number of thioether (sulfide) groups is 2. The molecule has 1 aromatic heterocycles. The van der Waals surface area contributed by atoms with Gasteiger partial charge in [-0.05, 0) is 36.4 Å². The smallest absolute Gasteiger partial charge is 0.284 e. The molecule has 0 spiro atoms. The van der Waals surface area contributed by atoms with E-state index in [4.69, 9.17) is 4.42 Å². The van der Waals surface area contributed by atoms with Gasteiger partial charge in [-0.15, -0.1) is 10.2 Å². The number of anilines is 1. The van der Waals surface area contributed by atoms with Gasteiger partial charge < -0.3 is 15.1 Å². The molecule has 12 heteroatoms. The number of hydrogen-bond acceptors (Lipinski definition) is 8. The van der Waals surface area contributed by atoms with Crippen molar-refractivity contribution in [3.05, 3.63) is 52.9 Å². The van der Waals surface area contributed by atoms with Crippen LogP contribution in [0.1, 0.15) is 12.2 Å². The molecule has 3 heterocycles. The first-order valence-electron chi connectivity index (χ1n) is 9.12.